The molecule has 1 fully saturated rings. The van der Waals surface area contributed by atoms with Crippen LogP contribution in [-0.4, -0.2) is 12.6 Å². The summed E-state index contributed by atoms with van der Waals surface area (Å²) in [6.45, 7) is 8.93. The molecular weight excluding hydrogens is 176 g/mol. The molecule has 0 aromatic rings. The van der Waals surface area contributed by atoms with Gasteiger partial charge in [0.25, 0.3) is 0 Å². The molecule has 14 heavy (non-hydrogen) atoms. The zero-order valence-electron chi connectivity index (χ0n) is 9.80. The molecule has 3 atom stereocenters. The van der Waals surface area contributed by atoms with E-state index in [0.29, 0.717) is 6.61 Å². The van der Waals surface area contributed by atoms with Gasteiger partial charge in [0.1, 0.15) is 0 Å². The topological polar surface area (TPSA) is 26.3 Å². The first-order chi connectivity index (χ1) is 6.43. The molecule has 0 radical (unpaired) electrons. The Morgan fingerprint density at radius 1 is 1.43 bits per heavy atom. The van der Waals surface area contributed by atoms with Crippen LogP contribution in [-0.2, 0) is 9.53 Å². The van der Waals surface area contributed by atoms with Crippen molar-refractivity contribution in [2.75, 3.05) is 6.61 Å². The van der Waals surface area contributed by atoms with E-state index in [0.717, 1.165) is 11.8 Å². The van der Waals surface area contributed by atoms with Gasteiger partial charge in [-0.25, -0.2) is 0 Å². The van der Waals surface area contributed by atoms with E-state index in [-0.39, 0.29) is 11.4 Å². The summed E-state index contributed by atoms with van der Waals surface area (Å²) in [4.78, 5) is 10.8. The second-order valence-electron chi connectivity index (χ2n) is 5.29. The van der Waals surface area contributed by atoms with E-state index in [2.05, 4.69) is 20.8 Å². The second-order valence-corrected chi connectivity index (χ2v) is 5.29. The van der Waals surface area contributed by atoms with Crippen LogP contribution in [0.2, 0.25) is 0 Å². The van der Waals surface area contributed by atoms with Gasteiger partial charge in [0.05, 0.1) is 6.61 Å². The largest absolute Gasteiger partial charge is 0.465 e. The van der Waals surface area contributed by atoms with Gasteiger partial charge in [-0.2, -0.15) is 0 Å². The molecule has 1 aliphatic rings. The normalized spacial score (nSPS) is 38.0. The van der Waals surface area contributed by atoms with E-state index in [9.17, 15) is 4.79 Å². The van der Waals surface area contributed by atoms with Crippen molar-refractivity contribution in [1.82, 2.24) is 0 Å². The summed E-state index contributed by atoms with van der Waals surface area (Å²) in [7, 11) is 0. The molecule has 0 aromatic carbocycles. The van der Waals surface area contributed by atoms with Crippen molar-refractivity contribution in [3.63, 3.8) is 0 Å². The van der Waals surface area contributed by atoms with E-state index >= 15 is 0 Å². The van der Waals surface area contributed by atoms with Crippen LogP contribution < -0.4 is 0 Å². The zero-order chi connectivity index (χ0) is 10.8. The highest BCUT2D eigenvalue weighted by atomic mass is 16.5. The highest BCUT2D eigenvalue weighted by molar-refractivity contribution is 5.65. The number of carbonyl (C=O) groups is 1. The van der Waals surface area contributed by atoms with Gasteiger partial charge in [-0.15, -0.1) is 0 Å². The molecule has 0 N–H and O–H groups in total. The Bertz CT molecular complexity index is 212. The molecule has 0 aromatic heterocycles. The second kappa shape index (κ2) is 4.33. The summed E-state index contributed by atoms with van der Waals surface area (Å²) in [5.74, 6) is 1.42. The predicted octanol–water partition coefficient (Wildman–Crippen LogP) is 3.01. The molecule has 1 aliphatic carbocycles. The quantitative estimate of drug-likeness (QED) is 0.637. The number of ether oxygens (including phenoxy) is 1. The number of carbonyl (C=O) groups excluding carboxylic acids is 1. The lowest BCUT2D eigenvalue weighted by Crippen LogP contribution is -2.33. The predicted molar refractivity (Wildman–Crippen MR) is 56.9 cm³/mol. The minimum absolute atomic E-state index is 0.155. The third-order valence-electron chi connectivity index (χ3n) is 3.61. The summed E-state index contributed by atoms with van der Waals surface area (Å²) >= 11 is 0. The first kappa shape index (κ1) is 11.5. The van der Waals surface area contributed by atoms with Gasteiger partial charge in [-0.1, -0.05) is 20.8 Å². The SMILES string of the molecule is CC(=O)OC[C@]1(C)CC[C@H](C)[C@@H](C)C1. The van der Waals surface area contributed by atoms with Crippen molar-refractivity contribution in [3.05, 3.63) is 0 Å². The number of hydrogen-bond acceptors (Lipinski definition) is 2. The van der Waals surface area contributed by atoms with Gasteiger partial charge in [0, 0.05) is 12.3 Å². The average Bonchev–Trinajstić information content (AvgIpc) is 2.09. The summed E-state index contributed by atoms with van der Waals surface area (Å²) in [5.41, 5.74) is 0.220. The Labute approximate surface area is 87.0 Å². The molecule has 2 nitrogen and oxygen atoms in total. The Morgan fingerprint density at radius 2 is 2.07 bits per heavy atom. The fourth-order valence-electron chi connectivity index (χ4n) is 2.35. The van der Waals surface area contributed by atoms with Gasteiger partial charge >= 0.3 is 5.97 Å². The first-order valence-corrected chi connectivity index (χ1v) is 5.56. The van der Waals surface area contributed by atoms with Gasteiger partial charge < -0.3 is 4.74 Å². The highest BCUT2D eigenvalue weighted by Gasteiger charge is 2.34. The lowest BCUT2D eigenvalue weighted by Gasteiger charge is -2.39. The van der Waals surface area contributed by atoms with E-state index < -0.39 is 0 Å². The van der Waals surface area contributed by atoms with Crippen molar-refractivity contribution < 1.29 is 9.53 Å². The van der Waals surface area contributed by atoms with Crippen LogP contribution in [0.15, 0.2) is 0 Å². The summed E-state index contributed by atoms with van der Waals surface area (Å²) in [6, 6.07) is 0. The monoisotopic (exact) mass is 198 g/mol. The van der Waals surface area contributed by atoms with Gasteiger partial charge in [-0.3, -0.25) is 4.79 Å². The zero-order valence-corrected chi connectivity index (χ0v) is 9.80. The molecule has 0 amide bonds. The van der Waals surface area contributed by atoms with Gasteiger partial charge in [0.2, 0.25) is 0 Å². The summed E-state index contributed by atoms with van der Waals surface area (Å²) in [6.07, 6.45) is 3.63. The molecule has 0 spiro atoms. The maximum absolute atomic E-state index is 10.8. The van der Waals surface area contributed by atoms with Crippen molar-refractivity contribution in [2.24, 2.45) is 17.3 Å². The molecule has 1 saturated carbocycles. The third kappa shape index (κ3) is 3.00. The smallest absolute Gasteiger partial charge is 0.302 e. The van der Waals surface area contributed by atoms with E-state index in [1.807, 2.05) is 0 Å². The molecule has 0 bridgehead atoms. The van der Waals surface area contributed by atoms with Crippen LogP contribution in [0.4, 0.5) is 0 Å². The van der Waals surface area contributed by atoms with Crippen molar-refractivity contribution >= 4 is 5.97 Å². The maximum Gasteiger partial charge on any atom is 0.302 e. The van der Waals surface area contributed by atoms with E-state index in [1.165, 1.54) is 26.2 Å². The van der Waals surface area contributed by atoms with Gasteiger partial charge in [0.15, 0.2) is 0 Å². The van der Waals surface area contributed by atoms with Crippen LogP contribution in [0.1, 0.15) is 47.0 Å². The van der Waals surface area contributed by atoms with Crippen LogP contribution in [0, 0.1) is 17.3 Å². The van der Waals surface area contributed by atoms with Crippen molar-refractivity contribution in [1.29, 1.82) is 0 Å². The molecule has 82 valence electrons. The van der Waals surface area contributed by atoms with Crippen LogP contribution in [0.25, 0.3) is 0 Å². The number of esters is 1. The summed E-state index contributed by atoms with van der Waals surface area (Å²) in [5, 5.41) is 0. The Morgan fingerprint density at radius 3 is 2.57 bits per heavy atom. The molecule has 0 aliphatic heterocycles. The minimum atomic E-state index is -0.155. The van der Waals surface area contributed by atoms with Gasteiger partial charge in [-0.05, 0) is 31.1 Å². The standard InChI is InChI=1S/C12H22O2/c1-9-5-6-12(4,7-10(9)2)8-14-11(3)13/h9-10H,5-8H2,1-4H3/t9-,10-,12+/m0/s1. The maximum atomic E-state index is 10.8. The van der Waals surface area contributed by atoms with E-state index in [1.54, 1.807) is 0 Å². The summed E-state index contributed by atoms with van der Waals surface area (Å²) < 4.78 is 5.13. The molecule has 0 heterocycles. The molecule has 2 heteroatoms. The van der Waals surface area contributed by atoms with Crippen LogP contribution in [0.5, 0.6) is 0 Å². The minimum Gasteiger partial charge on any atom is -0.465 e. The molecule has 0 unspecified atom stereocenters. The first-order valence-electron chi connectivity index (χ1n) is 5.56. The van der Waals surface area contributed by atoms with Crippen molar-refractivity contribution in [2.45, 2.75) is 47.0 Å². The van der Waals surface area contributed by atoms with Crippen molar-refractivity contribution in [3.8, 4) is 0 Å². The number of hydrogen-bond donors (Lipinski definition) is 0. The number of rotatable bonds is 2. The highest BCUT2D eigenvalue weighted by Crippen LogP contribution is 2.41. The Balaban J connectivity index is 2.45. The fourth-order valence-corrected chi connectivity index (χ4v) is 2.35. The molecular formula is C12H22O2. The fraction of sp³-hybridized carbons (Fsp3) is 0.917. The van der Waals surface area contributed by atoms with Crippen LogP contribution >= 0.6 is 0 Å². The van der Waals surface area contributed by atoms with E-state index in [4.69, 9.17) is 4.74 Å². The Kier molecular flexibility index (Phi) is 3.57. The molecule has 1 rings (SSSR count). The molecule has 0 saturated heterocycles. The lowest BCUT2D eigenvalue weighted by molar-refractivity contribution is -0.145. The Hall–Kier alpha value is -0.530. The average molecular weight is 198 g/mol. The third-order valence-corrected chi connectivity index (χ3v) is 3.61. The van der Waals surface area contributed by atoms with Crippen LogP contribution in [0.3, 0.4) is 0 Å². The lowest BCUT2D eigenvalue weighted by atomic mass is 9.68.